The fraction of sp³-hybridized carbons (Fsp3) is 0.587. The van der Waals surface area contributed by atoms with Crippen LogP contribution in [0.25, 0.3) is 22.3 Å². The quantitative estimate of drug-likeness (QED) is 0.0122. The Morgan fingerprint density at radius 1 is 0.667 bits per heavy atom. The number of amides is 8. The van der Waals surface area contributed by atoms with Crippen LogP contribution in [0.3, 0.4) is 0 Å². The summed E-state index contributed by atoms with van der Waals surface area (Å²) in [7, 11) is 0. The highest BCUT2D eigenvalue weighted by molar-refractivity contribution is 6.13. The predicted molar refractivity (Wildman–Crippen MR) is 384 cm³/mol. The van der Waals surface area contributed by atoms with Gasteiger partial charge in [-0.1, -0.05) is 37.3 Å². The second-order valence-corrected chi connectivity index (χ2v) is 26.7. The molecular weight excluding hydrogens is 1410 g/mol. The van der Waals surface area contributed by atoms with E-state index in [2.05, 4.69) is 36.8 Å². The van der Waals surface area contributed by atoms with Gasteiger partial charge in [-0.25, -0.2) is 14.2 Å². The lowest BCUT2D eigenvalue weighted by Gasteiger charge is -2.33. The molecule has 108 heavy (non-hydrogen) atoms. The van der Waals surface area contributed by atoms with Crippen LogP contribution in [0, 0.1) is 24.6 Å². The first-order valence-electron chi connectivity index (χ1n) is 36.9. The number of aromatic nitrogens is 2. The van der Waals surface area contributed by atoms with Crippen molar-refractivity contribution in [3.63, 3.8) is 0 Å². The van der Waals surface area contributed by atoms with Crippen LogP contribution in [-0.2, 0) is 127 Å². The Morgan fingerprint density at radius 2 is 1.24 bits per heavy atom. The van der Waals surface area contributed by atoms with Crippen LogP contribution in [0.15, 0.2) is 65.5 Å². The zero-order valence-electron chi connectivity index (χ0n) is 61.4. The van der Waals surface area contributed by atoms with Crippen molar-refractivity contribution in [2.24, 2.45) is 11.8 Å². The maximum atomic E-state index is 15.2. The van der Waals surface area contributed by atoms with E-state index in [1.54, 1.807) is 60.9 Å². The number of nitrogens with zero attached hydrogens (tertiary/aromatic N) is 4. The SMILES string of the molecule is CCC1(O)C(=O)OCc2c1cc1n(c2=O)Cc2c-1nc1cc(F)c(C)cc1c2CN1CCC[C@H](OCNC(=O)CNC(=O)[C@H](Cc2ccccc2)NC(=O)CNC(=O)CNC(=O)COCCOCCOCCOCCOCCOCCOCCOCCOCCNC(=O)C2CCC(CN3C(=O)C=CC3=O)CC2)C1. The predicted octanol–water partition coefficient (Wildman–Crippen LogP) is 0.655. The first-order chi connectivity index (χ1) is 52.4. The molecule has 6 heterocycles. The number of carbonyl (C=O) groups excluding carboxylic acids is 9. The van der Waals surface area contributed by atoms with Crippen LogP contribution in [0.4, 0.5) is 4.39 Å². The number of aliphatic hydroxyl groups is 1. The summed E-state index contributed by atoms with van der Waals surface area (Å²) in [5.41, 5.74) is 1.94. The number of aryl methyl sites for hydroxylation is 1. The average Bonchev–Trinajstić information content (AvgIpc) is 1.52. The van der Waals surface area contributed by atoms with Crippen LogP contribution in [-0.4, -0.2) is 261 Å². The minimum atomic E-state index is -2.01. The third kappa shape index (κ3) is 25.2. The Hall–Kier alpha value is -8.58. The molecule has 4 aliphatic heterocycles. The average molecular weight is 1510 g/mol. The molecule has 7 N–H and O–H groups in total. The van der Waals surface area contributed by atoms with E-state index in [-0.39, 0.29) is 106 Å². The highest BCUT2D eigenvalue weighted by Crippen LogP contribution is 2.41. The molecule has 9 rings (SSSR count). The smallest absolute Gasteiger partial charge is 0.343 e. The lowest BCUT2D eigenvalue weighted by molar-refractivity contribution is -0.172. The number of carbonyl (C=O) groups is 9. The lowest BCUT2D eigenvalue weighted by atomic mass is 9.81. The normalized spacial score (nSPS) is 18.5. The van der Waals surface area contributed by atoms with Crippen LogP contribution in [0.2, 0.25) is 0 Å². The van der Waals surface area contributed by atoms with Gasteiger partial charge in [0.25, 0.3) is 17.4 Å². The number of halogens is 1. The maximum absolute atomic E-state index is 15.2. The monoisotopic (exact) mass is 1510 g/mol. The Labute approximate surface area is 625 Å². The number of fused-ring (bicyclic) bond motifs is 5. The molecular formula is C75H101FN10O22. The minimum Gasteiger partial charge on any atom is -0.458 e. The van der Waals surface area contributed by atoms with Crippen molar-refractivity contribution in [1.82, 2.24) is 51.3 Å². The maximum Gasteiger partial charge on any atom is 0.343 e. The van der Waals surface area contributed by atoms with Gasteiger partial charge in [0.15, 0.2) is 5.60 Å². The van der Waals surface area contributed by atoms with Crippen molar-refractivity contribution in [3.05, 3.63) is 110 Å². The molecule has 4 aromatic rings. The molecule has 1 aliphatic carbocycles. The van der Waals surface area contributed by atoms with Crippen molar-refractivity contribution >= 4 is 64.1 Å². The van der Waals surface area contributed by atoms with E-state index >= 15 is 4.39 Å². The van der Waals surface area contributed by atoms with Crippen LogP contribution in [0.1, 0.15) is 85.3 Å². The number of hydrogen-bond donors (Lipinski definition) is 7. The Balaban J connectivity index is 0.539. The van der Waals surface area contributed by atoms with Crippen molar-refractivity contribution < 1.29 is 105 Å². The molecule has 1 saturated heterocycles. The topological polar surface area (TPSA) is 389 Å². The summed E-state index contributed by atoms with van der Waals surface area (Å²) in [6, 6.07) is 12.5. The van der Waals surface area contributed by atoms with Gasteiger partial charge >= 0.3 is 5.97 Å². The molecule has 2 aromatic carbocycles. The molecule has 32 nitrogen and oxygen atoms in total. The van der Waals surface area contributed by atoms with Crippen molar-refractivity contribution in [2.75, 3.05) is 171 Å². The van der Waals surface area contributed by atoms with Crippen LogP contribution < -0.4 is 37.5 Å². The molecule has 0 bridgehead atoms. The summed E-state index contributed by atoms with van der Waals surface area (Å²) >= 11 is 0. The van der Waals surface area contributed by atoms with Gasteiger partial charge in [-0.05, 0) is 93.2 Å². The largest absolute Gasteiger partial charge is 0.458 e. The van der Waals surface area contributed by atoms with E-state index in [1.807, 2.05) is 0 Å². The number of rotatable bonds is 48. The molecule has 590 valence electrons. The number of ether oxygens (including phenoxy) is 11. The highest BCUT2D eigenvalue weighted by atomic mass is 19.1. The number of benzene rings is 2. The van der Waals surface area contributed by atoms with Gasteiger partial charge in [0, 0.05) is 73.2 Å². The van der Waals surface area contributed by atoms with E-state index in [4.69, 9.17) is 57.1 Å². The number of pyridine rings is 2. The molecule has 0 spiro atoms. The fourth-order valence-electron chi connectivity index (χ4n) is 13.1. The number of nitrogens with one attached hydrogen (secondary N) is 6. The highest BCUT2D eigenvalue weighted by Gasteiger charge is 2.46. The van der Waals surface area contributed by atoms with E-state index < -0.39 is 78.2 Å². The molecule has 5 aliphatic rings. The standard InChI is InChI=1S/C75H101FN10O22/c1-3-75(97)59-38-63-70-57(46-85(63)73(95)58(59)47-107-74(75)96)56(55-36-50(2)60(76)39-61(55)83-70)45-84-18-7-10-54(44-84)108-49-81-65(88)41-80-72(94)62(37-51-8-5-4-6-9-51)82-66(89)42-78-64(87)40-79-67(90)48-106-35-34-105-33-32-104-31-30-103-29-28-102-27-26-101-25-24-100-23-22-99-21-20-98-19-17-77-71(93)53-13-11-52(12-14-53)43-86-68(91)15-16-69(86)92/h4-6,8-9,15-16,36,38-39,52-54,62,97H,3,7,10-14,17-35,37,40-49H2,1-2H3,(H,77,93)(H,78,87)(H,79,90)(H,80,94)(H,81,88)(H,82,89)/t52?,53?,54-,62-,75?/m0/s1. The van der Waals surface area contributed by atoms with Gasteiger partial charge in [-0.2, -0.15) is 0 Å². The summed E-state index contributed by atoms with van der Waals surface area (Å²) in [4.78, 5) is 136. The second-order valence-electron chi connectivity index (χ2n) is 26.7. The van der Waals surface area contributed by atoms with Gasteiger partial charge < -0.3 is 93.7 Å². The Morgan fingerprint density at radius 3 is 1.86 bits per heavy atom. The molecule has 1 saturated carbocycles. The van der Waals surface area contributed by atoms with Crippen molar-refractivity contribution in [3.8, 4) is 11.4 Å². The second kappa shape index (κ2) is 43.6. The van der Waals surface area contributed by atoms with Gasteiger partial charge in [-0.3, -0.25) is 53.0 Å². The van der Waals surface area contributed by atoms with E-state index in [9.17, 15) is 53.1 Å². The third-order valence-corrected chi connectivity index (χ3v) is 19.1. The summed E-state index contributed by atoms with van der Waals surface area (Å²) in [6.07, 6.45) is 6.83. The summed E-state index contributed by atoms with van der Waals surface area (Å²) < 4.78 is 77.6. The van der Waals surface area contributed by atoms with Gasteiger partial charge in [0.1, 0.15) is 31.8 Å². The molecule has 8 amide bonds. The van der Waals surface area contributed by atoms with Crippen molar-refractivity contribution in [2.45, 2.75) is 103 Å². The molecule has 33 heteroatoms. The number of imide groups is 1. The molecule has 2 fully saturated rings. The summed E-state index contributed by atoms with van der Waals surface area (Å²) in [5.74, 6) is -4.80. The molecule has 0 radical (unpaired) electrons. The van der Waals surface area contributed by atoms with Gasteiger partial charge in [-0.15, -0.1) is 0 Å². The number of hydrogen-bond acceptors (Lipinski definition) is 24. The summed E-state index contributed by atoms with van der Waals surface area (Å²) in [6.45, 7) is 9.70. The number of likely N-dealkylation sites (tertiary alicyclic amines) is 1. The molecule has 1 unspecified atom stereocenters. The van der Waals surface area contributed by atoms with Crippen LogP contribution >= 0.6 is 0 Å². The van der Waals surface area contributed by atoms with E-state index in [0.717, 1.165) is 48.6 Å². The fourth-order valence-corrected chi connectivity index (χ4v) is 13.1. The minimum absolute atomic E-state index is 0.00805. The van der Waals surface area contributed by atoms with Gasteiger partial charge in [0.2, 0.25) is 35.4 Å². The van der Waals surface area contributed by atoms with Gasteiger partial charge in [0.05, 0.1) is 167 Å². The third-order valence-electron chi connectivity index (χ3n) is 19.1. The summed E-state index contributed by atoms with van der Waals surface area (Å²) in [5, 5.41) is 27.8. The van der Waals surface area contributed by atoms with E-state index in [1.165, 1.54) is 23.1 Å². The molecule has 3 atom stereocenters. The Kier molecular flexibility index (Phi) is 33.7. The first kappa shape index (κ1) is 83.5. The number of cyclic esters (lactones) is 1. The van der Waals surface area contributed by atoms with E-state index in [0.29, 0.717) is 160 Å². The zero-order valence-corrected chi connectivity index (χ0v) is 61.4. The lowest BCUT2D eigenvalue weighted by Crippen LogP contribution is -2.52. The van der Waals surface area contributed by atoms with Crippen LogP contribution in [0.5, 0.6) is 0 Å². The first-order valence-corrected chi connectivity index (χ1v) is 36.9. The molecule has 2 aromatic heterocycles. The number of esters is 1. The Bertz CT molecular complexity index is 3780. The zero-order chi connectivity index (χ0) is 76.6. The van der Waals surface area contributed by atoms with Crippen molar-refractivity contribution in [1.29, 1.82) is 0 Å². The number of piperidine rings is 1.